The van der Waals surface area contributed by atoms with Gasteiger partial charge in [0.2, 0.25) is 0 Å². The fourth-order valence-electron chi connectivity index (χ4n) is 13.4. The van der Waals surface area contributed by atoms with Crippen molar-refractivity contribution in [3.05, 3.63) is 235 Å². The summed E-state index contributed by atoms with van der Waals surface area (Å²) in [4.78, 5) is 4.92. The van der Waals surface area contributed by atoms with Crippen LogP contribution in [0.4, 0.5) is 34.1 Å². The van der Waals surface area contributed by atoms with Crippen molar-refractivity contribution in [1.29, 1.82) is 0 Å². The smallest absolute Gasteiger partial charge is 0.252 e. The maximum absolute atomic E-state index is 2.68. The van der Waals surface area contributed by atoms with E-state index in [0.717, 1.165) is 45.3 Å². The Bertz CT molecular complexity index is 4120. The van der Waals surface area contributed by atoms with Gasteiger partial charge in [0.05, 0.1) is 22.4 Å². The minimum absolute atomic E-state index is 0.0414. The minimum Gasteiger partial charge on any atom is -0.310 e. The SMILES string of the molecule is CC(C)(C)c1ccc2c(c1)c1cc(C(C)(C)C)cc3c1n2-c1cc(-c2c(N(c4ccccc4)c4ccccc4)cccc2N(c2ccccc2)c2ccccc2)cc2c1B3c1cc(C(C)(C)C)cc3c4cc(C(C)(C)C)ccc4n-2c13. The summed E-state index contributed by atoms with van der Waals surface area (Å²) in [5, 5.41) is 5.24. The number of benzene rings is 10. The molecule has 0 radical (unpaired) electrons. The van der Waals surface area contributed by atoms with Gasteiger partial charge in [0.1, 0.15) is 0 Å². The molecule has 14 rings (SSSR count). The molecule has 0 unspecified atom stereocenters. The highest BCUT2D eigenvalue weighted by Gasteiger charge is 2.43. The normalized spacial score (nSPS) is 13.2. The fourth-order valence-corrected chi connectivity index (χ4v) is 13.4. The maximum Gasteiger partial charge on any atom is 0.252 e. The van der Waals surface area contributed by atoms with E-state index in [1.54, 1.807) is 0 Å². The molecule has 12 aromatic rings. The molecule has 4 heterocycles. The number of anilines is 6. The molecule has 0 spiro atoms. The van der Waals surface area contributed by atoms with Gasteiger partial charge < -0.3 is 18.9 Å². The monoisotopic (exact) mass is 1050 g/mol. The molecule has 0 amide bonds. The molecule has 0 atom stereocenters. The van der Waals surface area contributed by atoms with E-state index in [1.807, 2.05) is 0 Å². The van der Waals surface area contributed by atoms with Crippen LogP contribution in [0.1, 0.15) is 105 Å². The fraction of sp³-hybridized carbons (Fsp3) is 0.211. The van der Waals surface area contributed by atoms with Crippen LogP contribution < -0.4 is 26.2 Å². The Labute approximate surface area is 479 Å². The Morgan fingerprint density at radius 3 is 0.988 bits per heavy atom. The first-order valence-corrected chi connectivity index (χ1v) is 29.1. The highest BCUT2D eigenvalue weighted by Crippen LogP contribution is 2.51. The second kappa shape index (κ2) is 18.0. The quantitative estimate of drug-likeness (QED) is 0.148. The summed E-state index contributed by atoms with van der Waals surface area (Å²) >= 11 is 0. The zero-order valence-electron chi connectivity index (χ0n) is 49.1. The average Bonchev–Trinajstić information content (AvgIpc) is 3.37. The first kappa shape index (κ1) is 50.7. The summed E-state index contributed by atoms with van der Waals surface area (Å²) in [5.74, 6) is 0. The summed E-state index contributed by atoms with van der Waals surface area (Å²) < 4.78 is 5.36. The van der Waals surface area contributed by atoms with Crippen molar-refractivity contribution in [2.45, 2.75) is 105 Å². The molecular formula is C76H71BN4. The lowest BCUT2D eigenvalue weighted by molar-refractivity contribution is 0.590. The number of para-hydroxylation sites is 4. The lowest BCUT2D eigenvalue weighted by Gasteiger charge is -2.37. The van der Waals surface area contributed by atoms with Crippen LogP contribution in [0.25, 0.3) is 66.1 Å². The molecule has 4 nitrogen and oxygen atoms in total. The predicted molar refractivity (Wildman–Crippen MR) is 349 cm³/mol. The van der Waals surface area contributed by atoms with Crippen LogP contribution in [0.15, 0.2) is 212 Å². The number of hydrogen-bond donors (Lipinski definition) is 0. The van der Waals surface area contributed by atoms with E-state index in [-0.39, 0.29) is 28.4 Å². The molecule has 0 fully saturated rings. The van der Waals surface area contributed by atoms with Gasteiger partial charge in [-0.3, -0.25) is 0 Å². The third kappa shape index (κ3) is 8.01. The Hall–Kier alpha value is -8.54. The van der Waals surface area contributed by atoms with E-state index in [4.69, 9.17) is 0 Å². The molecule has 0 saturated heterocycles. The summed E-state index contributed by atoms with van der Waals surface area (Å²) in [6, 6.07) is 80.7. The molecule has 2 aromatic heterocycles. The summed E-state index contributed by atoms with van der Waals surface area (Å²) in [7, 11) is 0. The van der Waals surface area contributed by atoms with E-state index >= 15 is 0 Å². The van der Waals surface area contributed by atoms with Crippen LogP contribution in [0.2, 0.25) is 0 Å². The van der Waals surface area contributed by atoms with E-state index in [2.05, 4.69) is 314 Å². The summed E-state index contributed by atoms with van der Waals surface area (Å²) in [6.07, 6.45) is 0. The Balaban J connectivity index is 1.21. The van der Waals surface area contributed by atoms with Gasteiger partial charge in [0.15, 0.2) is 0 Å². The molecule has 0 bridgehead atoms. The van der Waals surface area contributed by atoms with Crippen molar-refractivity contribution in [3.8, 4) is 22.5 Å². The Morgan fingerprint density at radius 2 is 0.654 bits per heavy atom. The lowest BCUT2D eigenvalue weighted by atomic mass is 9.33. The van der Waals surface area contributed by atoms with Gasteiger partial charge in [-0.25, -0.2) is 0 Å². The molecular weight excluding hydrogens is 980 g/mol. The number of nitrogens with zero attached hydrogens (tertiary/aromatic N) is 4. The Morgan fingerprint density at radius 1 is 0.321 bits per heavy atom. The van der Waals surface area contributed by atoms with Gasteiger partial charge in [-0.05, 0) is 175 Å². The van der Waals surface area contributed by atoms with E-state index in [9.17, 15) is 0 Å². The van der Waals surface area contributed by atoms with Crippen LogP contribution in [-0.4, -0.2) is 15.8 Å². The Kier molecular flexibility index (Phi) is 11.3. The van der Waals surface area contributed by atoms with Gasteiger partial charge >= 0.3 is 0 Å². The van der Waals surface area contributed by atoms with E-state index in [0.29, 0.717) is 0 Å². The van der Waals surface area contributed by atoms with Crippen LogP contribution in [0, 0.1) is 0 Å². The van der Waals surface area contributed by atoms with Crippen LogP contribution in [0.5, 0.6) is 0 Å². The molecule has 0 aliphatic carbocycles. The predicted octanol–water partition coefficient (Wildman–Crippen LogP) is 18.8. The summed E-state index contributed by atoms with van der Waals surface area (Å²) in [6.45, 7) is 28.3. The van der Waals surface area contributed by atoms with Gasteiger partial charge in [0, 0.05) is 72.3 Å². The van der Waals surface area contributed by atoms with Crippen molar-refractivity contribution in [3.63, 3.8) is 0 Å². The average molecular weight is 1050 g/mol. The minimum atomic E-state index is -0.101. The van der Waals surface area contributed by atoms with Crippen molar-refractivity contribution in [1.82, 2.24) is 9.13 Å². The zero-order chi connectivity index (χ0) is 56.1. The highest BCUT2D eigenvalue weighted by atomic mass is 15.2. The molecule has 5 heteroatoms. The first-order chi connectivity index (χ1) is 38.7. The van der Waals surface area contributed by atoms with Gasteiger partial charge in [0.25, 0.3) is 6.71 Å². The van der Waals surface area contributed by atoms with Crippen LogP contribution in [-0.2, 0) is 21.7 Å². The van der Waals surface area contributed by atoms with Gasteiger partial charge in [-0.15, -0.1) is 0 Å². The molecule has 0 N–H and O–H groups in total. The third-order valence-corrected chi connectivity index (χ3v) is 17.6. The van der Waals surface area contributed by atoms with Crippen LogP contribution in [0.3, 0.4) is 0 Å². The standard InChI is InChI=1S/C76H71BN4/c1-73(2,3)49-36-38-63-57(42-49)59-44-51(75(7,8)9)46-61-71(59)80(63)67-40-48(41-68-70(67)77(61)62-47-52(76(10,11)12)45-60-58-43-50(74(4,5)6)37-39-64(58)81(68)72(60)62)69-65(78(53-26-17-13-18-27-53)54-28-19-14-20-29-54)34-25-35-66(69)79(55-30-21-15-22-31-55)56-32-23-16-24-33-56/h13-47H,1-12H3. The van der Waals surface area contributed by atoms with Crippen molar-refractivity contribution < 1.29 is 0 Å². The molecule has 398 valence electrons. The zero-order valence-corrected chi connectivity index (χ0v) is 49.1. The second-order valence-electron chi connectivity index (χ2n) is 27.1. The molecule has 0 saturated carbocycles. The molecule has 2 aliphatic heterocycles. The second-order valence-corrected chi connectivity index (χ2v) is 27.1. The van der Waals surface area contributed by atoms with Gasteiger partial charge in [-0.1, -0.05) is 186 Å². The third-order valence-electron chi connectivity index (χ3n) is 17.6. The highest BCUT2D eigenvalue weighted by molar-refractivity contribution is 7.00. The van der Waals surface area contributed by atoms with Crippen molar-refractivity contribution >= 4 is 101 Å². The molecule has 10 aromatic carbocycles. The van der Waals surface area contributed by atoms with Crippen molar-refractivity contribution in [2.24, 2.45) is 0 Å². The maximum atomic E-state index is 2.68. The lowest BCUT2D eigenvalue weighted by Crippen LogP contribution is -2.59. The number of rotatable bonds is 7. The molecule has 81 heavy (non-hydrogen) atoms. The number of aromatic nitrogens is 2. The van der Waals surface area contributed by atoms with E-state index in [1.165, 1.54) is 93.6 Å². The molecule has 2 aliphatic rings. The van der Waals surface area contributed by atoms with Gasteiger partial charge in [-0.2, -0.15) is 0 Å². The number of fused-ring (bicyclic) bond motifs is 10. The summed E-state index contributed by atoms with van der Waals surface area (Å²) in [5.41, 5.74) is 25.5. The first-order valence-electron chi connectivity index (χ1n) is 29.1. The largest absolute Gasteiger partial charge is 0.310 e. The van der Waals surface area contributed by atoms with E-state index < -0.39 is 0 Å². The topological polar surface area (TPSA) is 16.3 Å². The van der Waals surface area contributed by atoms with Crippen molar-refractivity contribution in [2.75, 3.05) is 9.80 Å². The number of hydrogen-bond acceptors (Lipinski definition) is 2. The van der Waals surface area contributed by atoms with Crippen LogP contribution >= 0.6 is 0 Å².